The summed E-state index contributed by atoms with van der Waals surface area (Å²) >= 11 is 0. The van der Waals surface area contributed by atoms with Crippen molar-refractivity contribution in [1.82, 2.24) is 0 Å². The quantitative estimate of drug-likeness (QED) is 0.0477. The van der Waals surface area contributed by atoms with Gasteiger partial charge in [0.2, 0.25) is 0 Å². The van der Waals surface area contributed by atoms with Crippen LogP contribution in [-0.4, -0.2) is 35.2 Å². The largest absolute Gasteiger partial charge is 0.480 e. The molecule has 0 radical (unpaired) electrons. The fourth-order valence-corrected chi connectivity index (χ4v) is 6.56. The van der Waals surface area contributed by atoms with Crippen molar-refractivity contribution in [3.63, 3.8) is 0 Å². The van der Waals surface area contributed by atoms with Crippen LogP contribution in [0.15, 0.2) is 0 Å². The molecule has 260 valence electrons. The van der Waals surface area contributed by atoms with Crippen molar-refractivity contribution in [3.05, 3.63) is 0 Å². The van der Waals surface area contributed by atoms with Crippen LogP contribution >= 0.6 is 0 Å². The van der Waals surface area contributed by atoms with Crippen LogP contribution in [0.3, 0.4) is 0 Å². The number of Topliss-reactive ketones (excluding diaryl/α,β-unsaturated/α-hetero) is 2. The number of nitrogens with two attached hydrogens (primary N) is 2. The van der Waals surface area contributed by atoms with Gasteiger partial charge in [0.15, 0.2) is 0 Å². The van der Waals surface area contributed by atoms with E-state index in [2.05, 4.69) is 13.8 Å². The smallest absolute Gasteiger partial charge is 0.320 e. The van der Waals surface area contributed by atoms with Crippen molar-refractivity contribution >= 4 is 17.5 Å². The summed E-state index contributed by atoms with van der Waals surface area (Å²) in [5.74, 6) is -1.47. The van der Waals surface area contributed by atoms with E-state index in [0.717, 1.165) is 38.5 Å². The molecule has 0 rings (SSSR count). The Morgan fingerprint density at radius 1 is 0.523 bits per heavy atom. The molecule has 0 aromatic carbocycles. The van der Waals surface area contributed by atoms with E-state index in [1.807, 2.05) is 0 Å². The molecule has 0 saturated carbocycles. The predicted molar refractivity (Wildman–Crippen MR) is 187 cm³/mol. The third-order valence-electron chi connectivity index (χ3n) is 9.54. The highest BCUT2D eigenvalue weighted by atomic mass is 16.4. The Hall–Kier alpha value is -1.27. The summed E-state index contributed by atoms with van der Waals surface area (Å²) < 4.78 is 0. The molecular formula is C38H74N2O4. The number of carbonyl (C=O) groups is 3. The molecule has 1 unspecified atom stereocenters. The van der Waals surface area contributed by atoms with Crippen molar-refractivity contribution < 1.29 is 19.5 Å². The molecule has 0 aliphatic carbocycles. The molecule has 0 bridgehead atoms. The van der Waals surface area contributed by atoms with Crippen LogP contribution in [0.25, 0.3) is 0 Å². The van der Waals surface area contributed by atoms with E-state index in [0.29, 0.717) is 12.8 Å². The molecule has 0 aliphatic heterocycles. The Labute approximate surface area is 272 Å². The van der Waals surface area contributed by atoms with Gasteiger partial charge < -0.3 is 16.6 Å². The number of hydrogen-bond acceptors (Lipinski definition) is 5. The van der Waals surface area contributed by atoms with Crippen molar-refractivity contribution in [2.24, 2.45) is 16.9 Å². The highest BCUT2D eigenvalue weighted by molar-refractivity contribution is 6.07. The highest BCUT2D eigenvalue weighted by Gasteiger charge is 2.45. The first-order chi connectivity index (χ1) is 21.4. The first kappa shape index (κ1) is 42.7. The average molecular weight is 623 g/mol. The van der Waals surface area contributed by atoms with Crippen LogP contribution in [0.5, 0.6) is 0 Å². The molecule has 1 atom stereocenters. The molecule has 6 heteroatoms. The summed E-state index contributed by atoms with van der Waals surface area (Å²) in [4.78, 5) is 38.7. The Morgan fingerprint density at radius 2 is 0.795 bits per heavy atom. The average Bonchev–Trinajstić information content (AvgIpc) is 3.01. The van der Waals surface area contributed by atoms with Crippen molar-refractivity contribution in [2.75, 3.05) is 6.54 Å². The SMILES string of the molecule is CCCCCCCCCCCCCCCC(=O)C(CCN)(CC(N)C(=O)O)C(=O)CCCCCCCCCCCCCCC. The molecule has 0 amide bonds. The summed E-state index contributed by atoms with van der Waals surface area (Å²) in [7, 11) is 0. The topological polar surface area (TPSA) is 123 Å². The molecule has 0 spiro atoms. The van der Waals surface area contributed by atoms with Gasteiger partial charge in [0.1, 0.15) is 17.6 Å². The molecule has 0 aliphatic rings. The Morgan fingerprint density at radius 3 is 1.05 bits per heavy atom. The van der Waals surface area contributed by atoms with Gasteiger partial charge >= 0.3 is 5.97 Å². The van der Waals surface area contributed by atoms with Gasteiger partial charge in [-0.2, -0.15) is 0 Å². The Kier molecular flexibility index (Phi) is 29.5. The van der Waals surface area contributed by atoms with Gasteiger partial charge in [-0.1, -0.05) is 168 Å². The summed E-state index contributed by atoms with van der Waals surface area (Å²) in [6.45, 7) is 4.67. The van der Waals surface area contributed by atoms with Crippen molar-refractivity contribution in [2.45, 2.75) is 213 Å². The minimum absolute atomic E-state index is 0.145. The number of unbranched alkanes of at least 4 members (excludes halogenated alkanes) is 24. The first-order valence-corrected chi connectivity index (χ1v) is 19.1. The lowest BCUT2D eigenvalue weighted by atomic mass is 9.69. The van der Waals surface area contributed by atoms with Crippen LogP contribution in [-0.2, 0) is 14.4 Å². The van der Waals surface area contributed by atoms with E-state index in [4.69, 9.17) is 11.5 Å². The van der Waals surface area contributed by atoms with E-state index in [-0.39, 0.29) is 31.0 Å². The van der Waals surface area contributed by atoms with Crippen LogP contribution in [0, 0.1) is 5.41 Å². The summed E-state index contributed by atoms with van der Waals surface area (Å²) in [6.07, 6.45) is 32.4. The second-order valence-corrected chi connectivity index (χ2v) is 13.6. The van der Waals surface area contributed by atoms with Gasteiger partial charge in [0, 0.05) is 12.8 Å². The van der Waals surface area contributed by atoms with Gasteiger partial charge in [0.05, 0.1) is 5.41 Å². The van der Waals surface area contributed by atoms with E-state index in [1.54, 1.807) is 0 Å². The third kappa shape index (κ3) is 22.3. The van der Waals surface area contributed by atoms with Crippen molar-refractivity contribution in [1.29, 1.82) is 0 Å². The summed E-state index contributed by atoms with van der Waals surface area (Å²) in [5.41, 5.74) is 10.5. The van der Waals surface area contributed by atoms with E-state index in [9.17, 15) is 19.5 Å². The van der Waals surface area contributed by atoms with Gasteiger partial charge in [-0.15, -0.1) is 0 Å². The van der Waals surface area contributed by atoms with Gasteiger partial charge in [-0.25, -0.2) is 0 Å². The number of carbonyl (C=O) groups excluding carboxylic acids is 2. The second kappa shape index (κ2) is 30.4. The lowest BCUT2D eigenvalue weighted by Crippen LogP contribution is -2.47. The first-order valence-electron chi connectivity index (χ1n) is 19.1. The maximum atomic E-state index is 13.6. The normalized spacial score (nSPS) is 12.5. The van der Waals surface area contributed by atoms with Crippen LogP contribution in [0.4, 0.5) is 0 Å². The number of aliphatic carboxylic acids is 1. The standard InChI is InChI=1S/C38H74N2O4/c1-3-5-7-9-11-13-15-17-19-21-23-25-27-29-35(41)38(31-32-39,33-34(40)37(43)44)36(42)30-28-26-24-22-20-18-16-14-12-10-8-6-4-2/h34H,3-33,39-40H2,1-2H3,(H,43,44). The summed E-state index contributed by atoms with van der Waals surface area (Å²) in [6, 6.07) is -1.24. The molecule has 5 N–H and O–H groups in total. The second-order valence-electron chi connectivity index (χ2n) is 13.6. The van der Waals surface area contributed by atoms with E-state index >= 15 is 0 Å². The number of rotatable bonds is 35. The van der Waals surface area contributed by atoms with E-state index in [1.165, 1.54) is 128 Å². The van der Waals surface area contributed by atoms with Gasteiger partial charge in [-0.05, 0) is 32.2 Å². The fraction of sp³-hybridized carbons (Fsp3) is 0.921. The molecule has 0 aromatic rings. The maximum Gasteiger partial charge on any atom is 0.320 e. The zero-order chi connectivity index (χ0) is 32.7. The predicted octanol–water partition coefficient (Wildman–Crippen LogP) is 10.2. The van der Waals surface area contributed by atoms with Crippen LogP contribution < -0.4 is 11.5 Å². The number of hydrogen-bond donors (Lipinski definition) is 3. The molecular weight excluding hydrogens is 548 g/mol. The van der Waals surface area contributed by atoms with Crippen LogP contribution in [0.1, 0.15) is 206 Å². The molecule has 0 heterocycles. The molecule has 0 saturated heterocycles. The number of ketones is 2. The molecule has 6 nitrogen and oxygen atoms in total. The molecule has 0 aromatic heterocycles. The summed E-state index contributed by atoms with van der Waals surface area (Å²) in [5, 5.41) is 9.50. The van der Waals surface area contributed by atoms with Crippen LogP contribution in [0.2, 0.25) is 0 Å². The zero-order valence-corrected chi connectivity index (χ0v) is 29.3. The zero-order valence-electron chi connectivity index (χ0n) is 29.3. The fourth-order valence-electron chi connectivity index (χ4n) is 6.56. The van der Waals surface area contributed by atoms with E-state index < -0.39 is 17.4 Å². The molecule has 0 fully saturated rings. The number of carboxylic acids is 1. The lowest BCUT2D eigenvalue weighted by Gasteiger charge is -2.32. The highest BCUT2D eigenvalue weighted by Crippen LogP contribution is 2.34. The van der Waals surface area contributed by atoms with Gasteiger partial charge in [0.25, 0.3) is 0 Å². The van der Waals surface area contributed by atoms with Gasteiger partial charge in [-0.3, -0.25) is 14.4 Å². The number of carboxylic acid groups (broad SMARTS) is 1. The monoisotopic (exact) mass is 623 g/mol. The maximum absolute atomic E-state index is 13.6. The Balaban J connectivity index is 4.48. The minimum Gasteiger partial charge on any atom is -0.480 e. The minimum atomic E-state index is -1.36. The lowest BCUT2D eigenvalue weighted by molar-refractivity contribution is -0.145. The Bertz CT molecular complexity index is 654. The third-order valence-corrected chi connectivity index (χ3v) is 9.54. The van der Waals surface area contributed by atoms with Crippen molar-refractivity contribution in [3.8, 4) is 0 Å². The molecule has 44 heavy (non-hydrogen) atoms.